The molecule has 0 heterocycles. The molecule has 2 aromatic carbocycles. The molecule has 2 aromatic rings. The van der Waals surface area contributed by atoms with E-state index in [2.05, 4.69) is 39.6 Å². The van der Waals surface area contributed by atoms with E-state index in [1.54, 1.807) is 13.0 Å². The van der Waals surface area contributed by atoms with Crippen molar-refractivity contribution in [1.82, 2.24) is 0 Å². The molecule has 0 aliphatic heterocycles. The first-order valence-electron chi connectivity index (χ1n) is 9.78. The Balaban J connectivity index is 0.000000643. The van der Waals surface area contributed by atoms with Gasteiger partial charge in [-0.25, -0.2) is 4.39 Å². The summed E-state index contributed by atoms with van der Waals surface area (Å²) < 4.78 is 13.0. The average Bonchev–Trinajstić information content (AvgIpc) is 2.87. The predicted octanol–water partition coefficient (Wildman–Crippen LogP) is 4.16. The summed E-state index contributed by atoms with van der Waals surface area (Å²) in [6, 6.07) is 15.1. The number of ketones is 1. The van der Waals surface area contributed by atoms with E-state index in [9.17, 15) is 9.18 Å². The fraction of sp³-hybridized carbons (Fsp3) is 0.269. The van der Waals surface area contributed by atoms with Crippen molar-refractivity contribution in [1.29, 1.82) is 0 Å². The number of halogens is 2. The van der Waals surface area contributed by atoms with E-state index < -0.39 is 5.82 Å². The summed E-state index contributed by atoms with van der Waals surface area (Å²) in [5.41, 5.74) is 1.90. The van der Waals surface area contributed by atoms with Crippen LogP contribution in [0.3, 0.4) is 0 Å². The summed E-state index contributed by atoms with van der Waals surface area (Å²) in [6.45, 7) is 12.8. The molecule has 5 radical (unpaired) electrons. The first-order chi connectivity index (χ1) is 13.7. The van der Waals surface area contributed by atoms with Gasteiger partial charge < -0.3 is 12.4 Å². The van der Waals surface area contributed by atoms with Crippen LogP contribution in [0.2, 0.25) is 0 Å². The van der Waals surface area contributed by atoms with Crippen molar-refractivity contribution in [2.75, 3.05) is 0 Å². The number of hydrogen-bond acceptors (Lipinski definition) is 2. The molecular formula is C26H29ClFIrNO+2. The molecular weight excluding hydrogens is 589 g/mol. The fourth-order valence-corrected chi connectivity index (χ4v) is 3.17. The van der Waals surface area contributed by atoms with Crippen LogP contribution in [0.15, 0.2) is 59.6 Å². The van der Waals surface area contributed by atoms with E-state index in [0.29, 0.717) is 11.3 Å². The molecule has 1 aliphatic carbocycles. The summed E-state index contributed by atoms with van der Waals surface area (Å²) in [6.07, 6.45) is 0.193. The van der Waals surface area contributed by atoms with Crippen LogP contribution in [-0.2, 0) is 20.1 Å². The number of carbonyl (C=O) groups excluding carboxylic acids is 1. The third-order valence-corrected chi connectivity index (χ3v) is 5.45. The maximum atomic E-state index is 13.0. The normalized spacial score (nSPS) is 16.2. The number of Topliss-reactive ketones (excluding diaryl/α,β-unsaturated/α-hetero) is 1. The number of nitrogens with zero attached hydrogens (tertiary/aromatic N) is 1. The minimum atomic E-state index is -0.400. The second kappa shape index (κ2) is 13.9. The molecule has 0 atom stereocenters. The topological polar surface area (TPSA) is 29.4 Å². The summed E-state index contributed by atoms with van der Waals surface area (Å²) in [5, 5.41) is 0. The molecule has 0 amide bonds. The van der Waals surface area contributed by atoms with Crippen LogP contribution in [0.25, 0.3) is 0 Å². The Morgan fingerprint density at radius 1 is 0.806 bits per heavy atom. The quantitative estimate of drug-likeness (QED) is 0.374. The molecule has 1 saturated carbocycles. The van der Waals surface area contributed by atoms with Gasteiger partial charge in [0, 0.05) is 17.7 Å². The van der Waals surface area contributed by atoms with Crippen LogP contribution in [0.1, 0.15) is 58.3 Å². The first kappa shape index (κ1) is 29.6. The Labute approximate surface area is 206 Å². The third-order valence-electron chi connectivity index (χ3n) is 5.45. The molecule has 5 heteroatoms. The van der Waals surface area contributed by atoms with Gasteiger partial charge in [0.25, 0.3) is 0 Å². The zero-order valence-electron chi connectivity index (χ0n) is 18.8. The van der Waals surface area contributed by atoms with E-state index in [-0.39, 0.29) is 44.7 Å². The van der Waals surface area contributed by atoms with Gasteiger partial charge >= 0.3 is 20.1 Å². The van der Waals surface area contributed by atoms with Crippen LogP contribution in [0.5, 0.6) is 0 Å². The Morgan fingerprint density at radius 3 is 1.74 bits per heavy atom. The molecule has 0 unspecified atom stereocenters. The Bertz CT molecular complexity index is 797. The molecule has 0 saturated heterocycles. The molecule has 0 bridgehead atoms. The molecule has 0 spiro atoms. The van der Waals surface area contributed by atoms with Gasteiger partial charge in [-0.3, -0.25) is 9.79 Å². The minimum absolute atomic E-state index is 0. The Kier molecular flexibility index (Phi) is 13.3. The standard InChI is InChI=1S/C16H14FNO.C10H15.ClH.Ir/c1-12(18-15-8-3-2-4-9-15)10-16(19)13-6-5-7-14(17)11-13;1-6-7(2)9(4)10(5)8(6)3;;/h2-9,11H,10H2,1H3;1-5H3;1H;/q;;;+3/p-1. The van der Waals surface area contributed by atoms with Crippen LogP contribution in [0.4, 0.5) is 10.1 Å². The van der Waals surface area contributed by atoms with E-state index in [1.165, 1.54) is 47.8 Å². The number of aliphatic imine (C=N–C) groups is 1. The van der Waals surface area contributed by atoms with Crippen molar-refractivity contribution >= 4 is 17.2 Å². The molecule has 1 aliphatic rings. The predicted molar refractivity (Wildman–Crippen MR) is 119 cm³/mol. The van der Waals surface area contributed by atoms with Crippen molar-refractivity contribution in [2.24, 2.45) is 4.99 Å². The van der Waals surface area contributed by atoms with Gasteiger partial charge in [-0.15, -0.1) is 0 Å². The van der Waals surface area contributed by atoms with Crippen LogP contribution >= 0.6 is 0 Å². The van der Waals surface area contributed by atoms with E-state index in [4.69, 9.17) is 0 Å². The van der Waals surface area contributed by atoms with Gasteiger partial charge in [-0.2, -0.15) is 0 Å². The van der Waals surface area contributed by atoms with Crippen LogP contribution < -0.4 is 12.4 Å². The van der Waals surface area contributed by atoms with Crippen molar-refractivity contribution in [3.63, 3.8) is 0 Å². The van der Waals surface area contributed by atoms with Gasteiger partial charge in [0.2, 0.25) is 0 Å². The van der Waals surface area contributed by atoms with Crippen molar-refractivity contribution in [2.45, 2.75) is 48.0 Å². The fourth-order valence-electron chi connectivity index (χ4n) is 3.17. The summed E-state index contributed by atoms with van der Waals surface area (Å²) in [4.78, 5) is 16.3. The van der Waals surface area contributed by atoms with Crippen LogP contribution in [0, 0.1) is 35.4 Å². The number of hydrogen-bond donors (Lipinski definition) is 0. The second-order valence-electron chi connectivity index (χ2n) is 7.42. The molecule has 165 valence electrons. The zero-order chi connectivity index (χ0) is 21.6. The number of carbonyl (C=O) groups is 1. The number of para-hydroxylation sites is 1. The summed E-state index contributed by atoms with van der Waals surface area (Å²) in [5.74, 6) is 6.81. The smallest absolute Gasteiger partial charge is 1.00 e. The van der Waals surface area contributed by atoms with Gasteiger partial charge in [0.15, 0.2) is 5.78 Å². The number of benzene rings is 2. The van der Waals surface area contributed by atoms with E-state index >= 15 is 0 Å². The minimum Gasteiger partial charge on any atom is -1.00 e. The maximum Gasteiger partial charge on any atom is 3.00 e. The zero-order valence-corrected chi connectivity index (χ0v) is 22.0. The molecule has 1 fully saturated rings. The van der Waals surface area contributed by atoms with Gasteiger partial charge in [-0.1, -0.05) is 65.0 Å². The van der Waals surface area contributed by atoms with E-state index in [1.807, 2.05) is 30.3 Å². The first-order valence-corrected chi connectivity index (χ1v) is 9.78. The largest absolute Gasteiger partial charge is 3.00 e. The van der Waals surface area contributed by atoms with Crippen LogP contribution in [-0.4, -0.2) is 11.5 Å². The SMILES string of the molecule is CC(CC(=O)c1cccc(F)c1)=Nc1ccccc1.C[C]1[C](C)[C](C)[C](C)[C]1C.[Cl-].[Ir+3]. The monoisotopic (exact) mass is 618 g/mol. The summed E-state index contributed by atoms with van der Waals surface area (Å²) in [7, 11) is 0. The van der Waals surface area contributed by atoms with E-state index in [0.717, 1.165) is 5.69 Å². The van der Waals surface area contributed by atoms with Gasteiger partial charge in [0.05, 0.1) is 5.69 Å². The number of rotatable bonds is 4. The molecule has 0 N–H and O–H groups in total. The molecule has 2 nitrogen and oxygen atoms in total. The average molecular weight is 618 g/mol. The Morgan fingerprint density at radius 2 is 1.29 bits per heavy atom. The molecule has 31 heavy (non-hydrogen) atoms. The maximum absolute atomic E-state index is 13.0. The van der Waals surface area contributed by atoms with Crippen molar-refractivity contribution in [3.05, 3.63) is 95.6 Å². The van der Waals surface area contributed by atoms with Gasteiger partial charge in [0.1, 0.15) is 5.82 Å². The third kappa shape index (κ3) is 8.60. The molecule has 3 rings (SSSR count). The van der Waals surface area contributed by atoms with Crippen molar-refractivity contribution < 1.29 is 41.7 Å². The molecule has 0 aromatic heterocycles. The summed E-state index contributed by atoms with van der Waals surface area (Å²) >= 11 is 0. The Hall–Kier alpha value is -1.35. The van der Waals surface area contributed by atoms with Gasteiger partial charge in [-0.05, 0) is 60.8 Å². The van der Waals surface area contributed by atoms with Crippen molar-refractivity contribution in [3.8, 4) is 0 Å². The second-order valence-corrected chi connectivity index (χ2v) is 7.42.